The Morgan fingerprint density at radius 2 is 0.935 bits per heavy atom. The zero-order chi connectivity index (χ0) is 30.2. The van der Waals surface area contributed by atoms with Crippen LogP contribution in [-0.2, 0) is 5.41 Å². The van der Waals surface area contributed by atoms with Gasteiger partial charge in [-0.25, -0.2) is 0 Å². The Balaban J connectivity index is 1.34. The fourth-order valence-electron chi connectivity index (χ4n) is 8.35. The van der Waals surface area contributed by atoms with E-state index in [1.807, 2.05) is 0 Å². The van der Waals surface area contributed by atoms with Crippen LogP contribution in [0.3, 0.4) is 0 Å². The van der Waals surface area contributed by atoms with Crippen molar-refractivity contribution in [1.29, 1.82) is 0 Å². The highest BCUT2D eigenvalue weighted by atomic mass is 16.5. The van der Waals surface area contributed by atoms with Crippen molar-refractivity contribution in [3.8, 4) is 44.9 Å². The molecule has 46 heavy (non-hydrogen) atoms. The summed E-state index contributed by atoms with van der Waals surface area (Å²) in [5.74, 6) is 1.82. The van der Waals surface area contributed by atoms with Gasteiger partial charge in [-0.15, -0.1) is 0 Å². The number of fused-ring (bicyclic) bond motifs is 7. The van der Waals surface area contributed by atoms with E-state index < -0.39 is 5.41 Å². The van der Waals surface area contributed by atoms with Crippen molar-refractivity contribution in [2.45, 2.75) is 5.41 Å². The van der Waals surface area contributed by atoms with Crippen LogP contribution in [-0.4, -0.2) is 0 Å². The molecule has 1 heterocycles. The summed E-state index contributed by atoms with van der Waals surface area (Å²) in [5, 5.41) is 4.90. The lowest BCUT2D eigenvalue weighted by Gasteiger charge is -2.36. The summed E-state index contributed by atoms with van der Waals surface area (Å²) in [6.45, 7) is 0. The average molecular weight is 585 g/mol. The summed E-state index contributed by atoms with van der Waals surface area (Å²) >= 11 is 0. The van der Waals surface area contributed by atoms with Gasteiger partial charge in [0.15, 0.2) is 0 Å². The quantitative estimate of drug-likeness (QED) is 0.201. The molecule has 0 N–H and O–H groups in total. The predicted octanol–water partition coefficient (Wildman–Crippen LogP) is 11.8. The number of benzene rings is 8. The molecule has 1 unspecified atom stereocenters. The Bertz CT molecular complexity index is 2500. The van der Waals surface area contributed by atoms with Crippen LogP contribution in [0.2, 0.25) is 0 Å². The molecule has 0 spiro atoms. The first kappa shape index (κ1) is 25.4. The summed E-state index contributed by atoms with van der Waals surface area (Å²) in [5.41, 5.74) is 11.8. The number of ether oxygens (including phenoxy) is 1. The third-order valence-corrected chi connectivity index (χ3v) is 10.1. The van der Waals surface area contributed by atoms with Crippen molar-refractivity contribution >= 4 is 21.5 Å². The van der Waals surface area contributed by atoms with Crippen molar-refractivity contribution < 1.29 is 4.74 Å². The summed E-state index contributed by atoms with van der Waals surface area (Å²) in [6.07, 6.45) is 0. The second-order valence-electron chi connectivity index (χ2n) is 12.4. The van der Waals surface area contributed by atoms with E-state index in [0.717, 1.165) is 22.6 Å². The molecule has 0 fully saturated rings. The zero-order valence-corrected chi connectivity index (χ0v) is 25.1. The molecule has 214 valence electrons. The summed E-state index contributed by atoms with van der Waals surface area (Å²) < 4.78 is 6.90. The standard InChI is InChI=1S/C45H28O/c1-2-16-31(17-3-1)45(39-24-8-6-19-33(39)36-28-27-29-13-4-5-18-32(29)43(36)45)40-25-9-7-20-34(40)37-22-12-23-38-35-21-10-14-30-15-11-26-41(42(30)35)46-44(37)38/h1-28H. The third-order valence-electron chi connectivity index (χ3n) is 10.1. The third kappa shape index (κ3) is 3.29. The normalized spacial score (nSPS) is 15.7. The Morgan fingerprint density at radius 1 is 0.370 bits per heavy atom. The largest absolute Gasteiger partial charge is 0.455 e. The van der Waals surface area contributed by atoms with Crippen LogP contribution >= 0.6 is 0 Å². The molecular formula is C45H28O. The highest BCUT2D eigenvalue weighted by Crippen LogP contribution is 2.60. The maximum atomic E-state index is 6.90. The van der Waals surface area contributed by atoms with Gasteiger partial charge in [0.2, 0.25) is 0 Å². The van der Waals surface area contributed by atoms with Crippen molar-refractivity contribution in [2.75, 3.05) is 0 Å². The Morgan fingerprint density at radius 3 is 1.74 bits per heavy atom. The Hall–Kier alpha value is -5.92. The van der Waals surface area contributed by atoms with Gasteiger partial charge in [-0.1, -0.05) is 164 Å². The van der Waals surface area contributed by atoms with E-state index in [4.69, 9.17) is 4.74 Å². The van der Waals surface area contributed by atoms with Gasteiger partial charge in [-0.2, -0.15) is 0 Å². The van der Waals surface area contributed by atoms with E-state index in [2.05, 4.69) is 170 Å². The number of para-hydroxylation sites is 1. The monoisotopic (exact) mass is 584 g/mol. The molecule has 8 aromatic carbocycles. The number of rotatable bonds is 3. The average Bonchev–Trinajstić information content (AvgIpc) is 3.44. The molecule has 0 amide bonds. The zero-order valence-electron chi connectivity index (χ0n) is 25.1. The highest BCUT2D eigenvalue weighted by Gasteiger charge is 2.48. The van der Waals surface area contributed by atoms with Crippen LogP contribution in [0, 0.1) is 0 Å². The first-order chi connectivity index (χ1) is 22.8. The topological polar surface area (TPSA) is 9.23 Å². The smallest absolute Gasteiger partial charge is 0.143 e. The van der Waals surface area contributed by atoms with Gasteiger partial charge in [0.1, 0.15) is 11.5 Å². The second-order valence-corrected chi connectivity index (χ2v) is 12.4. The summed E-state index contributed by atoms with van der Waals surface area (Å²) in [6, 6.07) is 62.0. The highest BCUT2D eigenvalue weighted by molar-refractivity contribution is 6.06. The van der Waals surface area contributed by atoms with Crippen LogP contribution in [0.5, 0.6) is 11.5 Å². The van der Waals surface area contributed by atoms with Crippen LogP contribution in [0.1, 0.15) is 22.3 Å². The lowest BCUT2D eigenvalue weighted by molar-refractivity contribution is 0.488. The second kappa shape index (κ2) is 9.54. The molecule has 2 aliphatic rings. The maximum absolute atomic E-state index is 6.90. The fourth-order valence-corrected chi connectivity index (χ4v) is 8.35. The molecule has 10 rings (SSSR count). The molecule has 0 saturated heterocycles. The van der Waals surface area contributed by atoms with Gasteiger partial charge in [0.05, 0.1) is 5.41 Å². The Labute approximate surface area is 268 Å². The van der Waals surface area contributed by atoms with Gasteiger partial charge in [-0.05, 0) is 66.7 Å². The summed E-state index contributed by atoms with van der Waals surface area (Å²) in [7, 11) is 0. The van der Waals surface area contributed by atoms with E-state index in [-0.39, 0.29) is 0 Å². The minimum absolute atomic E-state index is 0.556. The van der Waals surface area contributed by atoms with Crippen molar-refractivity contribution in [2.24, 2.45) is 0 Å². The van der Waals surface area contributed by atoms with E-state index in [0.29, 0.717) is 0 Å². The maximum Gasteiger partial charge on any atom is 0.143 e. The predicted molar refractivity (Wildman–Crippen MR) is 190 cm³/mol. The van der Waals surface area contributed by atoms with Gasteiger partial charge >= 0.3 is 0 Å². The molecular weight excluding hydrogens is 556 g/mol. The van der Waals surface area contributed by atoms with E-state index in [1.54, 1.807) is 0 Å². The van der Waals surface area contributed by atoms with Crippen molar-refractivity contribution in [3.05, 3.63) is 192 Å². The van der Waals surface area contributed by atoms with Gasteiger partial charge in [-0.3, -0.25) is 0 Å². The fraction of sp³-hybridized carbons (Fsp3) is 0.0222. The van der Waals surface area contributed by atoms with Crippen molar-refractivity contribution in [3.63, 3.8) is 0 Å². The molecule has 0 radical (unpaired) electrons. The SMILES string of the molecule is c1ccc(C2(c3ccccc3-c3cccc4c3Oc3cccc5cccc-4c35)c3ccccc3-c3ccc4ccccc4c32)cc1. The van der Waals surface area contributed by atoms with Gasteiger partial charge < -0.3 is 4.74 Å². The number of hydrogen-bond donors (Lipinski definition) is 0. The first-order valence-corrected chi connectivity index (χ1v) is 15.9. The lowest BCUT2D eigenvalue weighted by Crippen LogP contribution is -2.29. The van der Waals surface area contributed by atoms with E-state index in [1.165, 1.54) is 66.1 Å². The molecule has 0 saturated carbocycles. The molecule has 1 heteroatoms. The van der Waals surface area contributed by atoms with Crippen LogP contribution in [0.4, 0.5) is 0 Å². The molecule has 1 aliphatic heterocycles. The van der Waals surface area contributed by atoms with Gasteiger partial charge in [0, 0.05) is 16.5 Å². The van der Waals surface area contributed by atoms with Crippen LogP contribution in [0.15, 0.2) is 170 Å². The molecule has 1 atom stereocenters. The molecule has 0 bridgehead atoms. The van der Waals surface area contributed by atoms with Crippen LogP contribution < -0.4 is 4.74 Å². The molecule has 8 aromatic rings. The number of hydrogen-bond acceptors (Lipinski definition) is 1. The Kier molecular flexibility index (Phi) is 5.27. The lowest BCUT2D eigenvalue weighted by atomic mass is 9.65. The molecule has 1 aliphatic carbocycles. The van der Waals surface area contributed by atoms with E-state index in [9.17, 15) is 0 Å². The van der Waals surface area contributed by atoms with Crippen molar-refractivity contribution in [1.82, 2.24) is 0 Å². The van der Waals surface area contributed by atoms with Gasteiger partial charge in [0.25, 0.3) is 0 Å². The van der Waals surface area contributed by atoms with E-state index >= 15 is 0 Å². The van der Waals surface area contributed by atoms with Crippen LogP contribution in [0.25, 0.3) is 54.9 Å². The minimum atomic E-state index is -0.556. The minimum Gasteiger partial charge on any atom is -0.455 e. The summed E-state index contributed by atoms with van der Waals surface area (Å²) in [4.78, 5) is 0. The molecule has 0 aromatic heterocycles. The molecule has 1 nitrogen and oxygen atoms in total. The first-order valence-electron chi connectivity index (χ1n) is 15.9.